The molecular weight excluding hydrogens is 464 g/mol. The lowest BCUT2D eigenvalue weighted by Gasteiger charge is -2.25. The molecule has 0 saturated carbocycles. The smallest absolute Gasteiger partial charge is 0.301 e. The van der Waals surface area contributed by atoms with Gasteiger partial charge in [-0.3, -0.25) is 0 Å². The average Bonchev–Trinajstić information content (AvgIpc) is 2.76. The Labute approximate surface area is 197 Å². The zero-order chi connectivity index (χ0) is 25.4. The number of hydrogen-bond donors (Lipinski definition) is 2. The van der Waals surface area contributed by atoms with Gasteiger partial charge in [0.1, 0.15) is 36.1 Å². The maximum absolute atomic E-state index is 15.2. The number of aryl methyl sites for hydroxylation is 2. The molecule has 0 amide bonds. The van der Waals surface area contributed by atoms with Crippen LogP contribution in [0.1, 0.15) is 55.9 Å². The first kappa shape index (κ1) is 26.1. The first-order valence-electron chi connectivity index (χ1n) is 11.2. The molecule has 0 aliphatic rings. The Morgan fingerprint density at radius 2 is 1.85 bits per heavy atom. The van der Waals surface area contributed by atoms with Crippen LogP contribution in [0.25, 0.3) is 10.9 Å². The zero-order valence-electron chi connectivity index (χ0n) is 20.2. The first-order chi connectivity index (χ1) is 15.8. The summed E-state index contributed by atoms with van der Waals surface area (Å²) in [4.78, 5) is 13.5. The van der Waals surface area contributed by atoms with Gasteiger partial charge in [0.05, 0.1) is 22.8 Å². The molecule has 0 saturated heterocycles. The van der Waals surface area contributed by atoms with Gasteiger partial charge in [-0.25, -0.2) is 19.3 Å². The standard InChI is InChI=1S/C24H30F3N4O2P/c1-7-18-22-16(12-20(31-18)34(5,6)33)23(30-14(4)29-22)28-13(3)15-10-9-11-17(21(15)25)24(26,27)19(32)8-2/h9-13,19,32H,7-8H2,1-6H3,(H,28,29,30)/t13-,19?/m1/s1. The second-order valence-electron chi connectivity index (χ2n) is 8.77. The molecule has 0 aliphatic heterocycles. The van der Waals surface area contributed by atoms with E-state index in [1.165, 1.54) is 19.1 Å². The number of anilines is 1. The molecule has 184 valence electrons. The van der Waals surface area contributed by atoms with Gasteiger partial charge in [0.15, 0.2) is 0 Å². The van der Waals surface area contributed by atoms with Gasteiger partial charge in [0.25, 0.3) is 0 Å². The summed E-state index contributed by atoms with van der Waals surface area (Å²) in [5, 5.41) is 13.4. The van der Waals surface area contributed by atoms with E-state index in [9.17, 15) is 18.5 Å². The van der Waals surface area contributed by atoms with E-state index in [-0.39, 0.29) is 12.0 Å². The van der Waals surface area contributed by atoms with Crippen LogP contribution in [-0.4, -0.2) is 39.5 Å². The minimum Gasteiger partial charge on any atom is -0.386 e. The molecule has 2 heterocycles. The van der Waals surface area contributed by atoms with Gasteiger partial charge in [-0.15, -0.1) is 0 Å². The summed E-state index contributed by atoms with van der Waals surface area (Å²) < 4.78 is 57.2. The highest BCUT2D eigenvalue weighted by Gasteiger charge is 2.42. The molecular formula is C24H30F3N4O2P. The average molecular weight is 494 g/mol. The van der Waals surface area contributed by atoms with E-state index in [4.69, 9.17) is 0 Å². The number of pyridine rings is 1. The summed E-state index contributed by atoms with van der Waals surface area (Å²) >= 11 is 0. The number of fused-ring (bicyclic) bond motifs is 1. The second-order valence-corrected chi connectivity index (χ2v) is 11.9. The fourth-order valence-electron chi connectivity index (χ4n) is 3.78. The lowest BCUT2D eigenvalue weighted by Crippen LogP contribution is -2.31. The first-order valence-corrected chi connectivity index (χ1v) is 13.8. The van der Waals surface area contributed by atoms with E-state index in [1.54, 1.807) is 33.2 Å². The molecule has 3 aromatic rings. The predicted octanol–water partition coefficient (Wildman–Crippen LogP) is 5.32. The molecule has 3 rings (SSSR count). The van der Waals surface area contributed by atoms with Crippen LogP contribution in [0.4, 0.5) is 19.0 Å². The van der Waals surface area contributed by atoms with E-state index in [2.05, 4.69) is 20.3 Å². The summed E-state index contributed by atoms with van der Waals surface area (Å²) in [7, 11) is -2.69. The number of halogens is 3. The van der Waals surface area contributed by atoms with Crippen LogP contribution in [0.5, 0.6) is 0 Å². The SMILES string of the molecule is CCc1nc(P(C)(C)=O)cc2c(N[C@H](C)c3cccc(C(F)(F)C(O)CC)c3F)nc(C)nc12. The molecule has 1 aromatic carbocycles. The van der Waals surface area contributed by atoms with Gasteiger partial charge in [0.2, 0.25) is 0 Å². The molecule has 2 N–H and O–H groups in total. The highest BCUT2D eigenvalue weighted by Crippen LogP contribution is 2.38. The highest BCUT2D eigenvalue weighted by atomic mass is 31.2. The number of nitrogens with one attached hydrogen (secondary N) is 1. The number of hydrogen-bond acceptors (Lipinski definition) is 6. The normalized spacial score (nSPS) is 14.3. The lowest BCUT2D eigenvalue weighted by atomic mass is 9.96. The summed E-state index contributed by atoms with van der Waals surface area (Å²) in [5.41, 5.74) is 0.843. The van der Waals surface area contributed by atoms with Crippen molar-refractivity contribution < 1.29 is 22.8 Å². The summed E-state index contributed by atoms with van der Waals surface area (Å²) in [6, 6.07) is 4.66. The Balaban J connectivity index is 2.12. The monoisotopic (exact) mass is 494 g/mol. The predicted molar refractivity (Wildman–Crippen MR) is 129 cm³/mol. The van der Waals surface area contributed by atoms with E-state index in [1.807, 2.05) is 6.92 Å². The molecule has 0 radical (unpaired) electrons. The van der Waals surface area contributed by atoms with Crippen molar-refractivity contribution >= 4 is 29.3 Å². The molecule has 34 heavy (non-hydrogen) atoms. The third kappa shape index (κ3) is 4.96. The Bertz CT molecular complexity index is 1260. The van der Waals surface area contributed by atoms with Crippen molar-refractivity contribution in [2.24, 2.45) is 0 Å². The third-order valence-electron chi connectivity index (χ3n) is 5.75. The van der Waals surface area contributed by atoms with E-state index in [0.29, 0.717) is 40.1 Å². The maximum Gasteiger partial charge on any atom is 0.301 e. The Kier molecular flexibility index (Phi) is 7.39. The van der Waals surface area contributed by atoms with Crippen LogP contribution in [0.3, 0.4) is 0 Å². The number of aliphatic hydroxyl groups is 1. The largest absolute Gasteiger partial charge is 0.386 e. The van der Waals surface area contributed by atoms with Crippen LogP contribution in [0, 0.1) is 12.7 Å². The van der Waals surface area contributed by atoms with Gasteiger partial charge in [-0.1, -0.05) is 26.0 Å². The highest BCUT2D eigenvalue weighted by molar-refractivity contribution is 7.69. The van der Waals surface area contributed by atoms with E-state index >= 15 is 4.39 Å². The van der Waals surface area contributed by atoms with Crippen molar-refractivity contribution in [2.75, 3.05) is 18.6 Å². The summed E-state index contributed by atoms with van der Waals surface area (Å²) in [6.45, 7) is 9.91. The second kappa shape index (κ2) is 9.62. The Morgan fingerprint density at radius 1 is 1.18 bits per heavy atom. The van der Waals surface area contributed by atoms with Gasteiger partial charge in [0, 0.05) is 10.9 Å². The number of aliphatic hydroxyl groups excluding tert-OH is 1. The fourth-order valence-corrected chi connectivity index (χ4v) is 4.58. The van der Waals surface area contributed by atoms with Crippen molar-refractivity contribution in [1.82, 2.24) is 15.0 Å². The van der Waals surface area contributed by atoms with Gasteiger partial charge in [-0.2, -0.15) is 8.78 Å². The number of nitrogens with zero attached hydrogens (tertiary/aromatic N) is 3. The van der Waals surface area contributed by atoms with E-state index < -0.39 is 36.6 Å². The Morgan fingerprint density at radius 3 is 2.44 bits per heavy atom. The van der Waals surface area contributed by atoms with Gasteiger partial charge >= 0.3 is 5.92 Å². The van der Waals surface area contributed by atoms with Crippen LogP contribution < -0.4 is 10.8 Å². The van der Waals surface area contributed by atoms with Crippen LogP contribution in [0.2, 0.25) is 0 Å². The van der Waals surface area contributed by atoms with Gasteiger partial charge < -0.3 is 15.0 Å². The molecule has 0 bridgehead atoms. The third-order valence-corrected chi connectivity index (χ3v) is 7.09. The molecule has 0 spiro atoms. The van der Waals surface area contributed by atoms with Gasteiger partial charge in [-0.05, 0) is 52.2 Å². The minimum absolute atomic E-state index is 0.00606. The van der Waals surface area contributed by atoms with Crippen molar-refractivity contribution in [3.05, 3.63) is 52.7 Å². The fraction of sp³-hybridized carbons (Fsp3) is 0.458. The summed E-state index contributed by atoms with van der Waals surface area (Å²) in [5.74, 6) is -3.99. The number of alkyl halides is 2. The molecule has 0 fully saturated rings. The zero-order valence-corrected chi connectivity index (χ0v) is 21.1. The molecule has 6 nitrogen and oxygen atoms in total. The maximum atomic E-state index is 15.2. The van der Waals surface area contributed by atoms with Crippen molar-refractivity contribution in [3.8, 4) is 0 Å². The molecule has 10 heteroatoms. The van der Waals surface area contributed by atoms with Crippen molar-refractivity contribution in [2.45, 2.75) is 58.6 Å². The van der Waals surface area contributed by atoms with Crippen LogP contribution in [-0.2, 0) is 16.9 Å². The Hall–Kier alpha value is -2.51. The van der Waals surface area contributed by atoms with Crippen molar-refractivity contribution in [1.29, 1.82) is 0 Å². The minimum atomic E-state index is -3.73. The topological polar surface area (TPSA) is 88.0 Å². The van der Waals surface area contributed by atoms with Crippen LogP contribution in [0.15, 0.2) is 24.3 Å². The molecule has 1 unspecified atom stereocenters. The quantitative estimate of drug-likeness (QED) is 0.412. The van der Waals surface area contributed by atoms with E-state index in [0.717, 1.165) is 6.07 Å². The molecule has 2 atom stereocenters. The lowest BCUT2D eigenvalue weighted by molar-refractivity contribution is -0.118. The number of rotatable bonds is 8. The molecule has 2 aromatic heterocycles. The summed E-state index contributed by atoms with van der Waals surface area (Å²) in [6.07, 6.45) is -1.65. The van der Waals surface area contributed by atoms with Crippen LogP contribution >= 0.6 is 7.14 Å². The molecule has 0 aliphatic carbocycles. The number of aromatic nitrogens is 3. The van der Waals surface area contributed by atoms with Crippen molar-refractivity contribution in [3.63, 3.8) is 0 Å². The number of benzene rings is 1.